The molecule has 8 heteroatoms. The lowest BCUT2D eigenvalue weighted by atomic mass is 10.2. The Bertz CT molecular complexity index is 1000. The molecule has 31 heavy (non-hydrogen) atoms. The van der Waals surface area contributed by atoms with Gasteiger partial charge in [-0.15, -0.1) is 0 Å². The van der Waals surface area contributed by atoms with Gasteiger partial charge in [-0.25, -0.2) is 4.39 Å². The van der Waals surface area contributed by atoms with E-state index < -0.39 is 5.82 Å². The number of para-hydroxylation sites is 1. The highest BCUT2D eigenvalue weighted by Crippen LogP contribution is 2.23. The van der Waals surface area contributed by atoms with E-state index in [-0.39, 0.29) is 17.6 Å². The Morgan fingerprint density at radius 3 is 2.55 bits per heavy atom. The van der Waals surface area contributed by atoms with Gasteiger partial charge in [-0.1, -0.05) is 47.6 Å². The Hall–Kier alpha value is -3.10. The Labute approximate surface area is 180 Å². The molecule has 0 aliphatic carbocycles. The van der Waals surface area contributed by atoms with Crippen LogP contribution in [0.2, 0.25) is 0 Å². The van der Waals surface area contributed by atoms with E-state index >= 15 is 0 Å². The van der Waals surface area contributed by atoms with Gasteiger partial charge in [-0.2, -0.15) is 4.98 Å². The summed E-state index contributed by atoms with van der Waals surface area (Å²) in [5, 5.41) is 6.75. The summed E-state index contributed by atoms with van der Waals surface area (Å²) in [7, 11) is 0. The third-order valence-electron chi connectivity index (χ3n) is 5.59. The van der Waals surface area contributed by atoms with Gasteiger partial charge >= 0.3 is 0 Å². The molecule has 1 aliphatic rings. The van der Waals surface area contributed by atoms with Crippen LogP contribution in [0.3, 0.4) is 0 Å². The third-order valence-corrected chi connectivity index (χ3v) is 5.59. The molecule has 0 bridgehead atoms. The number of hydrogen-bond donors (Lipinski definition) is 1. The van der Waals surface area contributed by atoms with E-state index in [1.165, 1.54) is 6.07 Å². The number of aromatic nitrogens is 2. The quantitative estimate of drug-likeness (QED) is 0.626. The van der Waals surface area contributed by atoms with Crippen LogP contribution >= 0.6 is 0 Å². The van der Waals surface area contributed by atoms with Gasteiger partial charge in [0.15, 0.2) is 0 Å². The van der Waals surface area contributed by atoms with Crippen molar-refractivity contribution < 1.29 is 13.7 Å². The number of rotatable bonds is 7. The first-order valence-electron chi connectivity index (χ1n) is 10.5. The summed E-state index contributed by atoms with van der Waals surface area (Å²) in [4.78, 5) is 21.3. The number of halogens is 1. The fourth-order valence-corrected chi connectivity index (χ4v) is 3.67. The van der Waals surface area contributed by atoms with Crippen LogP contribution in [-0.4, -0.2) is 58.6 Å². The van der Waals surface area contributed by atoms with Crippen LogP contribution in [0.1, 0.15) is 25.3 Å². The molecule has 3 aromatic rings. The minimum atomic E-state index is -0.421. The van der Waals surface area contributed by atoms with Gasteiger partial charge in [0.05, 0.1) is 11.7 Å². The molecule has 1 aliphatic heterocycles. The molecule has 2 heterocycles. The number of hydrogen-bond acceptors (Lipinski definition) is 6. The summed E-state index contributed by atoms with van der Waals surface area (Å²) >= 11 is 0. The van der Waals surface area contributed by atoms with E-state index in [2.05, 4.69) is 32.2 Å². The summed E-state index contributed by atoms with van der Waals surface area (Å²) in [5.41, 5.74) is 1.16. The highest BCUT2D eigenvalue weighted by Gasteiger charge is 2.26. The highest BCUT2D eigenvalue weighted by atomic mass is 19.1. The van der Waals surface area contributed by atoms with Crippen molar-refractivity contribution in [2.24, 2.45) is 0 Å². The molecular formula is C23H26FN5O2. The van der Waals surface area contributed by atoms with Crippen LogP contribution in [0.4, 0.5) is 10.1 Å². The maximum atomic E-state index is 13.7. The van der Waals surface area contributed by atoms with Crippen molar-refractivity contribution in [2.75, 3.05) is 38.0 Å². The van der Waals surface area contributed by atoms with Crippen molar-refractivity contribution in [3.63, 3.8) is 0 Å². The normalized spacial score (nSPS) is 16.2. The van der Waals surface area contributed by atoms with Crippen LogP contribution in [0, 0.1) is 5.82 Å². The lowest BCUT2D eigenvalue weighted by molar-refractivity contribution is -0.116. The number of nitrogens with zero attached hydrogens (tertiary/aromatic N) is 4. The Balaban J connectivity index is 1.24. The van der Waals surface area contributed by atoms with Crippen molar-refractivity contribution >= 4 is 11.6 Å². The van der Waals surface area contributed by atoms with E-state index in [1.54, 1.807) is 18.2 Å². The van der Waals surface area contributed by atoms with Crippen LogP contribution in [-0.2, 0) is 4.79 Å². The van der Waals surface area contributed by atoms with Crippen LogP contribution in [0.15, 0.2) is 59.1 Å². The van der Waals surface area contributed by atoms with Crippen LogP contribution < -0.4 is 5.32 Å². The minimum absolute atomic E-state index is 0.0245. The Kier molecular flexibility index (Phi) is 6.69. The van der Waals surface area contributed by atoms with Crippen molar-refractivity contribution in [1.29, 1.82) is 0 Å². The van der Waals surface area contributed by atoms with Gasteiger partial charge in [0.25, 0.3) is 0 Å². The standard InChI is InChI=1S/C23H26FN5O2/c1-17(23-26-22(27-31-23)18-7-3-2-4-8-18)29-15-13-28(14-16-29)12-11-21(30)25-20-10-6-5-9-19(20)24/h2-10,17H,11-16H2,1H3,(H,25,30). The highest BCUT2D eigenvalue weighted by molar-refractivity contribution is 5.90. The zero-order valence-corrected chi connectivity index (χ0v) is 17.5. The summed E-state index contributed by atoms with van der Waals surface area (Å²) in [6.45, 7) is 6.09. The van der Waals surface area contributed by atoms with Gasteiger partial charge in [-0.3, -0.25) is 9.69 Å². The van der Waals surface area contributed by atoms with Crippen LogP contribution in [0.25, 0.3) is 11.4 Å². The van der Waals surface area contributed by atoms with E-state index in [4.69, 9.17) is 4.52 Å². The fourth-order valence-electron chi connectivity index (χ4n) is 3.67. The smallest absolute Gasteiger partial charge is 0.244 e. The lowest BCUT2D eigenvalue weighted by Crippen LogP contribution is -2.47. The molecule has 0 spiro atoms. The van der Waals surface area contributed by atoms with Gasteiger partial charge in [0.2, 0.25) is 17.6 Å². The predicted molar refractivity (Wildman–Crippen MR) is 116 cm³/mol. The Morgan fingerprint density at radius 2 is 1.81 bits per heavy atom. The summed E-state index contributed by atoms with van der Waals surface area (Å²) in [6.07, 6.45) is 0.327. The van der Waals surface area contributed by atoms with Crippen molar-refractivity contribution in [3.05, 3.63) is 66.3 Å². The molecule has 1 N–H and O–H groups in total. The van der Waals surface area contributed by atoms with Crippen molar-refractivity contribution in [1.82, 2.24) is 19.9 Å². The zero-order valence-electron chi connectivity index (χ0n) is 17.5. The number of nitrogens with one attached hydrogen (secondary N) is 1. The monoisotopic (exact) mass is 423 g/mol. The van der Waals surface area contributed by atoms with E-state index in [1.807, 2.05) is 30.3 Å². The molecule has 4 rings (SSSR count). The molecule has 1 saturated heterocycles. The van der Waals surface area contributed by atoms with E-state index in [0.717, 1.165) is 31.7 Å². The molecule has 1 amide bonds. The maximum absolute atomic E-state index is 13.7. The molecule has 1 unspecified atom stereocenters. The average Bonchev–Trinajstić information content (AvgIpc) is 3.30. The van der Waals surface area contributed by atoms with Gasteiger partial charge in [-0.05, 0) is 19.1 Å². The topological polar surface area (TPSA) is 74.5 Å². The molecule has 2 aromatic carbocycles. The van der Waals surface area contributed by atoms with Crippen molar-refractivity contribution in [2.45, 2.75) is 19.4 Å². The molecule has 7 nitrogen and oxygen atoms in total. The molecular weight excluding hydrogens is 397 g/mol. The second-order valence-electron chi connectivity index (χ2n) is 7.65. The average molecular weight is 423 g/mol. The first-order valence-corrected chi connectivity index (χ1v) is 10.5. The van der Waals surface area contributed by atoms with Crippen molar-refractivity contribution in [3.8, 4) is 11.4 Å². The summed E-state index contributed by atoms with van der Waals surface area (Å²) in [5.74, 6) is 0.605. The molecule has 1 aromatic heterocycles. The SMILES string of the molecule is CC(c1nc(-c2ccccc2)no1)N1CCN(CCC(=O)Nc2ccccc2F)CC1. The first kappa shape index (κ1) is 21.1. The molecule has 0 saturated carbocycles. The Morgan fingerprint density at radius 1 is 1.10 bits per heavy atom. The summed E-state index contributed by atoms with van der Waals surface area (Å²) in [6, 6.07) is 16.0. The zero-order chi connectivity index (χ0) is 21.6. The lowest BCUT2D eigenvalue weighted by Gasteiger charge is -2.36. The molecule has 162 valence electrons. The number of carbonyl (C=O) groups is 1. The number of piperazine rings is 1. The summed E-state index contributed by atoms with van der Waals surface area (Å²) < 4.78 is 19.2. The maximum Gasteiger partial charge on any atom is 0.244 e. The van der Waals surface area contributed by atoms with E-state index in [9.17, 15) is 9.18 Å². The predicted octanol–water partition coefficient (Wildman–Crippen LogP) is 3.58. The van der Waals surface area contributed by atoms with Gasteiger partial charge in [0.1, 0.15) is 5.82 Å². The number of benzene rings is 2. The van der Waals surface area contributed by atoms with Gasteiger partial charge < -0.3 is 14.7 Å². The third kappa shape index (κ3) is 5.34. The second-order valence-corrected chi connectivity index (χ2v) is 7.65. The minimum Gasteiger partial charge on any atom is -0.337 e. The van der Waals surface area contributed by atoms with Crippen LogP contribution in [0.5, 0.6) is 0 Å². The fraction of sp³-hybridized carbons (Fsp3) is 0.348. The number of carbonyl (C=O) groups excluding carboxylic acids is 1. The second kappa shape index (κ2) is 9.80. The number of anilines is 1. The molecule has 0 radical (unpaired) electrons. The first-order chi connectivity index (χ1) is 15.1. The van der Waals surface area contributed by atoms with E-state index in [0.29, 0.717) is 24.7 Å². The molecule has 1 fully saturated rings. The van der Waals surface area contributed by atoms with Gasteiger partial charge in [0, 0.05) is 44.7 Å². The molecule has 1 atom stereocenters. The largest absolute Gasteiger partial charge is 0.337 e. The number of amides is 1.